The lowest BCUT2D eigenvalue weighted by Crippen LogP contribution is -2.23. The zero-order valence-corrected chi connectivity index (χ0v) is 11.8. The number of esters is 1. The number of amides is 1. The van der Waals surface area contributed by atoms with Crippen molar-refractivity contribution < 1.29 is 14.3 Å². The van der Waals surface area contributed by atoms with Gasteiger partial charge in [0.05, 0.1) is 24.9 Å². The fraction of sp³-hybridized carbons (Fsp3) is 0.200. The average molecular weight is 285 g/mol. The van der Waals surface area contributed by atoms with Gasteiger partial charge in [0.25, 0.3) is 5.91 Å². The van der Waals surface area contributed by atoms with E-state index in [0.29, 0.717) is 17.7 Å². The van der Waals surface area contributed by atoms with Crippen molar-refractivity contribution in [3.63, 3.8) is 0 Å². The number of hydrogen-bond donors (Lipinski definition) is 1. The van der Waals surface area contributed by atoms with Crippen LogP contribution in [0.4, 0.5) is 0 Å². The van der Waals surface area contributed by atoms with E-state index >= 15 is 0 Å². The number of rotatable bonds is 4. The molecule has 0 aliphatic carbocycles. The molecule has 1 aromatic heterocycles. The molecule has 1 heterocycles. The number of carbonyl (C=O) groups excluding carboxylic acids is 2. The van der Waals surface area contributed by atoms with E-state index < -0.39 is 5.97 Å². The zero-order chi connectivity index (χ0) is 15.2. The number of benzene rings is 1. The first kappa shape index (κ1) is 14.6. The van der Waals surface area contributed by atoms with E-state index in [4.69, 9.17) is 0 Å². The molecule has 6 heteroatoms. The molecular formula is C15H15N3O3. The van der Waals surface area contributed by atoms with Crippen LogP contribution in [-0.2, 0) is 11.3 Å². The molecule has 6 nitrogen and oxygen atoms in total. The van der Waals surface area contributed by atoms with Crippen LogP contribution < -0.4 is 5.32 Å². The molecule has 0 fully saturated rings. The van der Waals surface area contributed by atoms with Gasteiger partial charge in [-0.2, -0.15) is 0 Å². The second-order valence-electron chi connectivity index (χ2n) is 4.40. The molecule has 108 valence electrons. The van der Waals surface area contributed by atoms with Gasteiger partial charge in [0.2, 0.25) is 0 Å². The number of aryl methyl sites for hydroxylation is 1. The lowest BCUT2D eigenvalue weighted by Gasteiger charge is -2.06. The molecule has 2 aromatic rings. The second-order valence-corrected chi connectivity index (χ2v) is 4.40. The van der Waals surface area contributed by atoms with Crippen LogP contribution in [0.5, 0.6) is 0 Å². The van der Waals surface area contributed by atoms with Gasteiger partial charge in [-0.1, -0.05) is 0 Å². The van der Waals surface area contributed by atoms with Gasteiger partial charge >= 0.3 is 5.97 Å². The molecule has 1 N–H and O–H groups in total. The van der Waals surface area contributed by atoms with E-state index in [9.17, 15) is 9.59 Å². The summed E-state index contributed by atoms with van der Waals surface area (Å²) < 4.78 is 4.60. The van der Waals surface area contributed by atoms with Crippen LogP contribution in [0, 0.1) is 6.92 Å². The molecule has 1 aromatic carbocycles. The molecule has 0 bridgehead atoms. The SMILES string of the molecule is COC(=O)c1ccc(C(=O)NCc2cc(C)ncn2)cc1. The van der Waals surface area contributed by atoms with Crippen molar-refractivity contribution in [2.75, 3.05) is 7.11 Å². The van der Waals surface area contributed by atoms with Crippen LogP contribution >= 0.6 is 0 Å². The van der Waals surface area contributed by atoms with E-state index in [2.05, 4.69) is 20.0 Å². The third kappa shape index (κ3) is 3.85. The molecular weight excluding hydrogens is 270 g/mol. The Morgan fingerprint density at radius 1 is 1.14 bits per heavy atom. The Labute approximate surface area is 122 Å². The summed E-state index contributed by atoms with van der Waals surface area (Å²) in [6.45, 7) is 2.18. The van der Waals surface area contributed by atoms with E-state index in [1.54, 1.807) is 30.3 Å². The first-order chi connectivity index (χ1) is 10.1. The first-order valence-corrected chi connectivity index (χ1v) is 6.34. The summed E-state index contributed by atoms with van der Waals surface area (Å²) in [6, 6.07) is 8.06. The van der Waals surface area contributed by atoms with Gasteiger partial charge in [-0.15, -0.1) is 0 Å². The van der Waals surface area contributed by atoms with Gasteiger partial charge in [0, 0.05) is 11.3 Å². The van der Waals surface area contributed by atoms with E-state index in [-0.39, 0.29) is 5.91 Å². The lowest BCUT2D eigenvalue weighted by molar-refractivity contribution is 0.0600. The molecule has 0 saturated carbocycles. The highest BCUT2D eigenvalue weighted by Gasteiger charge is 2.09. The van der Waals surface area contributed by atoms with Gasteiger partial charge in [0.1, 0.15) is 6.33 Å². The normalized spacial score (nSPS) is 10.0. The number of carbonyl (C=O) groups is 2. The van der Waals surface area contributed by atoms with Crippen molar-refractivity contribution in [1.82, 2.24) is 15.3 Å². The molecule has 2 rings (SSSR count). The van der Waals surface area contributed by atoms with E-state index in [1.807, 2.05) is 6.92 Å². The van der Waals surface area contributed by atoms with Gasteiger partial charge in [0.15, 0.2) is 0 Å². The Morgan fingerprint density at radius 3 is 2.43 bits per heavy atom. The molecule has 0 saturated heterocycles. The van der Waals surface area contributed by atoms with Crippen LogP contribution in [0.15, 0.2) is 36.7 Å². The second kappa shape index (κ2) is 6.60. The highest BCUT2D eigenvalue weighted by molar-refractivity contribution is 5.96. The predicted molar refractivity (Wildman–Crippen MR) is 75.7 cm³/mol. The van der Waals surface area contributed by atoms with Gasteiger partial charge in [-0.25, -0.2) is 14.8 Å². The molecule has 0 aliphatic heterocycles. The summed E-state index contributed by atoms with van der Waals surface area (Å²) in [5.41, 5.74) is 2.45. The van der Waals surface area contributed by atoms with Crippen LogP contribution in [0.3, 0.4) is 0 Å². The summed E-state index contributed by atoms with van der Waals surface area (Å²) in [5.74, 6) is -0.666. The summed E-state index contributed by atoms with van der Waals surface area (Å²) in [4.78, 5) is 31.3. The minimum Gasteiger partial charge on any atom is -0.465 e. The summed E-state index contributed by atoms with van der Waals surface area (Å²) in [5, 5.41) is 2.76. The van der Waals surface area contributed by atoms with Crippen LogP contribution in [0.2, 0.25) is 0 Å². The van der Waals surface area contributed by atoms with Crippen molar-refractivity contribution in [2.24, 2.45) is 0 Å². The minimum absolute atomic E-state index is 0.234. The Hall–Kier alpha value is -2.76. The van der Waals surface area contributed by atoms with Crippen molar-refractivity contribution in [3.05, 3.63) is 59.2 Å². The summed E-state index contributed by atoms with van der Waals surface area (Å²) >= 11 is 0. The number of ether oxygens (including phenoxy) is 1. The smallest absolute Gasteiger partial charge is 0.337 e. The minimum atomic E-state index is -0.432. The largest absolute Gasteiger partial charge is 0.465 e. The zero-order valence-electron chi connectivity index (χ0n) is 11.8. The average Bonchev–Trinajstić information content (AvgIpc) is 2.52. The molecule has 0 spiro atoms. The van der Waals surface area contributed by atoms with Crippen LogP contribution in [0.1, 0.15) is 32.1 Å². The monoisotopic (exact) mass is 285 g/mol. The number of methoxy groups -OCH3 is 1. The Balaban J connectivity index is 1.99. The Kier molecular flexibility index (Phi) is 4.61. The fourth-order valence-corrected chi connectivity index (χ4v) is 1.75. The van der Waals surface area contributed by atoms with Crippen LogP contribution in [0.25, 0.3) is 0 Å². The lowest BCUT2D eigenvalue weighted by atomic mass is 10.1. The Morgan fingerprint density at radius 2 is 1.81 bits per heavy atom. The number of hydrogen-bond acceptors (Lipinski definition) is 5. The quantitative estimate of drug-likeness (QED) is 0.861. The third-order valence-corrected chi connectivity index (χ3v) is 2.86. The maximum absolute atomic E-state index is 12.0. The van der Waals surface area contributed by atoms with Gasteiger partial charge < -0.3 is 10.1 Å². The summed E-state index contributed by atoms with van der Waals surface area (Å²) in [7, 11) is 1.31. The standard InChI is InChI=1S/C15H15N3O3/c1-10-7-13(18-9-17-10)8-16-14(19)11-3-5-12(6-4-11)15(20)21-2/h3-7,9H,8H2,1-2H3,(H,16,19). The van der Waals surface area contributed by atoms with Crippen LogP contribution in [-0.4, -0.2) is 29.0 Å². The van der Waals surface area contributed by atoms with Crippen molar-refractivity contribution >= 4 is 11.9 Å². The highest BCUT2D eigenvalue weighted by atomic mass is 16.5. The molecule has 0 unspecified atom stereocenters. The van der Waals surface area contributed by atoms with Crippen molar-refractivity contribution in [2.45, 2.75) is 13.5 Å². The topological polar surface area (TPSA) is 81.2 Å². The predicted octanol–water partition coefficient (Wildman–Crippen LogP) is 1.50. The summed E-state index contributed by atoms with van der Waals surface area (Å²) in [6.07, 6.45) is 1.46. The molecule has 0 aliphatic rings. The van der Waals surface area contributed by atoms with Crippen molar-refractivity contribution in [1.29, 1.82) is 0 Å². The molecule has 1 amide bonds. The third-order valence-electron chi connectivity index (χ3n) is 2.86. The highest BCUT2D eigenvalue weighted by Crippen LogP contribution is 2.06. The number of aromatic nitrogens is 2. The maximum atomic E-state index is 12.0. The first-order valence-electron chi connectivity index (χ1n) is 6.34. The van der Waals surface area contributed by atoms with Crippen molar-refractivity contribution in [3.8, 4) is 0 Å². The maximum Gasteiger partial charge on any atom is 0.337 e. The van der Waals surface area contributed by atoms with E-state index in [0.717, 1.165) is 11.4 Å². The fourth-order valence-electron chi connectivity index (χ4n) is 1.75. The molecule has 0 atom stereocenters. The molecule has 0 radical (unpaired) electrons. The number of nitrogens with zero attached hydrogens (tertiary/aromatic N) is 2. The number of nitrogens with one attached hydrogen (secondary N) is 1. The Bertz CT molecular complexity index is 653. The molecule has 21 heavy (non-hydrogen) atoms. The van der Waals surface area contributed by atoms with E-state index in [1.165, 1.54) is 13.4 Å². The van der Waals surface area contributed by atoms with Gasteiger partial charge in [-0.3, -0.25) is 4.79 Å². The van der Waals surface area contributed by atoms with Gasteiger partial charge in [-0.05, 0) is 37.3 Å².